The molecule has 1 rings (SSSR count). The number of hydrogen-bond donors (Lipinski definition) is 1. The van der Waals surface area contributed by atoms with Crippen LogP contribution in [0.15, 0.2) is 59.2 Å². The Hall–Kier alpha value is -2.74. The highest BCUT2D eigenvalue weighted by Crippen LogP contribution is 2.28. The zero-order valence-corrected chi connectivity index (χ0v) is 16.1. The first-order valence-electron chi connectivity index (χ1n) is 7.75. The summed E-state index contributed by atoms with van der Waals surface area (Å²) in [4.78, 5) is 11.7. The third-order valence-corrected chi connectivity index (χ3v) is 4.67. The summed E-state index contributed by atoms with van der Waals surface area (Å²) < 4.78 is 43.0. The number of ether oxygens (including phenoxy) is 3. The minimum absolute atomic E-state index is 0.0941. The van der Waals surface area contributed by atoms with Gasteiger partial charge >= 0.3 is 5.97 Å². The highest BCUT2D eigenvalue weighted by molar-refractivity contribution is 7.89. The lowest BCUT2D eigenvalue weighted by molar-refractivity contribution is -0.138. The standard InChI is InChI=1S/C18H23NO6S/c1-6-13(18(20)25-8-3)11-14(7-2)19-26(21,22)17-12-15(23-4)9-10-16(17)24-5/h6-7,9-12,19H,1,8H2,2-5H3/b13-11+,14-7+. The van der Waals surface area contributed by atoms with Crippen LogP contribution in [0.4, 0.5) is 0 Å². The highest BCUT2D eigenvalue weighted by Gasteiger charge is 2.21. The first kappa shape index (κ1) is 21.3. The molecule has 0 spiro atoms. The average Bonchev–Trinajstić information content (AvgIpc) is 2.64. The van der Waals surface area contributed by atoms with E-state index < -0.39 is 16.0 Å². The SMILES string of the molecule is C=C/C(=C\C(=C/C)NS(=O)(=O)c1cc(OC)ccc1OC)C(=O)OCC. The average molecular weight is 381 g/mol. The molecule has 1 aromatic rings. The number of nitrogens with one attached hydrogen (secondary N) is 1. The van der Waals surface area contributed by atoms with Crippen LogP contribution in [0.2, 0.25) is 0 Å². The van der Waals surface area contributed by atoms with Gasteiger partial charge in [0, 0.05) is 11.8 Å². The Morgan fingerprint density at radius 3 is 2.46 bits per heavy atom. The van der Waals surface area contributed by atoms with Gasteiger partial charge in [-0.2, -0.15) is 0 Å². The van der Waals surface area contributed by atoms with Crippen molar-refractivity contribution in [2.45, 2.75) is 18.7 Å². The van der Waals surface area contributed by atoms with Crippen LogP contribution in [0.5, 0.6) is 11.5 Å². The number of allylic oxidation sites excluding steroid dienone is 2. The minimum Gasteiger partial charge on any atom is -0.497 e. The monoisotopic (exact) mass is 381 g/mol. The summed E-state index contributed by atoms with van der Waals surface area (Å²) in [7, 11) is -1.19. The van der Waals surface area contributed by atoms with E-state index in [1.807, 2.05) is 0 Å². The molecule has 0 bridgehead atoms. The number of carbonyl (C=O) groups excluding carboxylic acids is 1. The Balaban J connectivity index is 3.26. The van der Waals surface area contributed by atoms with E-state index >= 15 is 0 Å². The molecule has 0 heterocycles. The van der Waals surface area contributed by atoms with Crippen LogP contribution in [0.25, 0.3) is 0 Å². The molecular formula is C18H23NO6S. The second-order valence-electron chi connectivity index (χ2n) is 4.89. The molecule has 142 valence electrons. The molecule has 0 aliphatic carbocycles. The quantitative estimate of drug-likeness (QED) is 0.402. The molecule has 8 heteroatoms. The summed E-state index contributed by atoms with van der Waals surface area (Å²) in [5, 5.41) is 0. The van der Waals surface area contributed by atoms with Crippen molar-refractivity contribution in [3.8, 4) is 11.5 Å². The topological polar surface area (TPSA) is 90.9 Å². The van der Waals surface area contributed by atoms with Crippen LogP contribution in [0, 0.1) is 0 Å². The van der Waals surface area contributed by atoms with Crippen molar-refractivity contribution in [2.75, 3.05) is 20.8 Å². The molecule has 0 saturated heterocycles. The predicted octanol–water partition coefficient (Wildman–Crippen LogP) is 2.56. The van der Waals surface area contributed by atoms with Crippen molar-refractivity contribution in [3.05, 3.63) is 54.3 Å². The lowest BCUT2D eigenvalue weighted by Crippen LogP contribution is -2.23. The normalized spacial score (nSPS) is 12.3. The molecule has 1 N–H and O–H groups in total. The smallest absolute Gasteiger partial charge is 0.338 e. The summed E-state index contributed by atoms with van der Waals surface area (Å²) in [6, 6.07) is 4.43. The number of sulfonamides is 1. The zero-order chi connectivity index (χ0) is 19.7. The van der Waals surface area contributed by atoms with Crippen LogP contribution < -0.4 is 14.2 Å². The molecule has 0 unspecified atom stereocenters. The molecule has 0 aliphatic rings. The molecule has 0 saturated carbocycles. The van der Waals surface area contributed by atoms with Crippen molar-refractivity contribution in [1.82, 2.24) is 4.72 Å². The van der Waals surface area contributed by atoms with E-state index in [2.05, 4.69) is 11.3 Å². The van der Waals surface area contributed by atoms with Crippen molar-refractivity contribution < 1.29 is 27.4 Å². The van der Waals surface area contributed by atoms with Crippen LogP contribution in [0.3, 0.4) is 0 Å². The summed E-state index contributed by atoms with van der Waals surface area (Å²) in [5.74, 6) is -0.0749. The largest absolute Gasteiger partial charge is 0.497 e. The zero-order valence-electron chi connectivity index (χ0n) is 15.2. The van der Waals surface area contributed by atoms with Gasteiger partial charge in [0.2, 0.25) is 0 Å². The second-order valence-corrected chi connectivity index (χ2v) is 6.54. The fraction of sp³-hybridized carbons (Fsp3) is 0.278. The van der Waals surface area contributed by atoms with Crippen molar-refractivity contribution >= 4 is 16.0 Å². The van der Waals surface area contributed by atoms with Crippen molar-refractivity contribution in [2.24, 2.45) is 0 Å². The van der Waals surface area contributed by atoms with Gasteiger partial charge in [0.05, 0.1) is 26.4 Å². The second kappa shape index (κ2) is 9.67. The fourth-order valence-corrected chi connectivity index (χ4v) is 3.24. The lowest BCUT2D eigenvalue weighted by Gasteiger charge is -2.13. The maximum absolute atomic E-state index is 12.8. The summed E-state index contributed by atoms with van der Waals surface area (Å²) in [6.07, 6.45) is 4.14. The van der Waals surface area contributed by atoms with Crippen LogP contribution in [-0.4, -0.2) is 35.2 Å². The Bertz CT molecular complexity index is 824. The fourth-order valence-electron chi connectivity index (χ4n) is 1.96. The molecule has 0 aliphatic heterocycles. The lowest BCUT2D eigenvalue weighted by atomic mass is 10.2. The highest BCUT2D eigenvalue weighted by atomic mass is 32.2. The number of rotatable bonds is 9. The minimum atomic E-state index is -3.99. The summed E-state index contributed by atoms with van der Waals surface area (Å²) in [5.41, 5.74) is 0.304. The van der Waals surface area contributed by atoms with E-state index in [1.54, 1.807) is 19.9 Å². The van der Waals surface area contributed by atoms with Crippen molar-refractivity contribution in [3.63, 3.8) is 0 Å². The van der Waals surface area contributed by atoms with E-state index in [9.17, 15) is 13.2 Å². The van der Waals surface area contributed by atoms with Crippen LogP contribution >= 0.6 is 0 Å². The number of carbonyl (C=O) groups is 1. The predicted molar refractivity (Wildman–Crippen MR) is 98.5 cm³/mol. The Morgan fingerprint density at radius 1 is 1.27 bits per heavy atom. The number of methoxy groups -OCH3 is 2. The van der Waals surface area contributed by atoms with E-state index in [4.69, 9.17) is 14.2 Å². The first-order valence-corrected chi connectivity index (χ1v) is 9.23. The Morgan fingerprint density at radius 2 is 1.96 bits per heavy atom. The first-order chi connectivity index (χ1) is 12.3. The van der Waals surface area contributed by atoms with Gasteiger partial charge in [0.1, 0.15) is 16.4 Å². The molecule has 7 nitrogen and oxygen atoms in total. The number of hydrogen-bond acceptors (Lipinski definition) is 6. The summed E-state index contributed by atoms with van der Waals surface area (Å²) in [6.45, 7) is 7.04. The molecule has 1 aromatic carbocycles. The molecular weight excluding hydrogens is 358 g/mol. The molecule has 0 radical (unpaired) electrons. The molecule has 0 fully saturated rings. The molecule has 26 heavy (non-hydrogen) atoms. The van der Waals surface area contributed by atoms with Crippen LogP contribution in [-0.2, 0) is 19.6 Å². The van der Waals surface area contributed by atoms with Gasteiger partial charge in [-0.3, -0.25) is 4.72 Å². The van der Waals surface area contributed by atoms with Gasteiger partial charge in [-0.25, -0.2) is 13.2 Å². The maximum Gasteiger partial charge on any atom is 0.338 e. The van der Waals surface area contributed by atoms with Crippen LogP contribution in [0.1, 0.15) is 13.8 Å². The Labute approximate surface area is 154 Å². The van der Waals surface area contributed by atoms with E-state index in [0.29, 0.717) is 5.75 Å². The maximum atomic E-state index is 12.8. The number of benzene rings is 1. The molecule has 0 aromatic heterocycles. The van der Waals surface area contributed by atoms with Gasteiger partial charge in [-0.05, 0) is 32.1 Å². The van der Waals surface area contributed by atoms with Gasteiger partial charge in [-0.15, -0.1) is 0 Å². The van der Waals surface area contributed by atoms with Gasteiger partial charge in [0.15, 0.2) is 0 Å². The van der Waals surface area contributed by atoms with E-state index in [-0.39, 0.29) is 28.5 Å². The van der Waals surface area contributed by atoms with Gasteiger partial charge in [-0.1, -0.05) is 18.7 Å². The van der Waals surface area contributed by atoms with Gasteiger partial charge < -0.3 is 14.2 Å². The van der Waals surface area contributed by atoms with Crippen molar-refractivity contribution in [1.29, 1.82) is 0 Å². The number of esters is 1. The van der Waals surface area contributed by atoms with E-state index in [1.165, 1.54) is 44.6 Å². The third-order valence-electron chi connectivity index (χ3n) is 3.27. The van der Waals surface area contributed by atoms with Gasteiger partial charge in [0.25, 0.3) is 10.0 Å². The summed E-state index contributed by atoms with van der Waals surface area (Å²) >= 11 is 0. The molecule has 0 amide bonds. The Kier molecular flexibility index (Phi) is 7.92. The molecule has 0 atom stereocenters. The van der Waals surface area contributed by atoms with E-state index in [0.717, 1.165) is 0 Å². The third kappa shape index (κ3) is 5.38.